The quantitative estimate of drug-likeness (QED) is 0.0261. The van der Waals surface area contributed by atoms with Crippen molar-refractivity contribution in [3.05, 3.63) is 36.5 Å². The highest BCUT2D eigenvalue weighted by Gasteiger charge is 2.19. The molecule has 0 unspecified atom stereocenters. The van der Waals surface area contributed by atoms with Gasteiger partial charge in [-0.1, -0.05) is 263 Å². The highest BCUT2D eigenvalue weighted by atomic mass is 16.6. The number of rotatable bonds is 58. The summed E-state index contributed by atoms with van der Waals surface area (Å²) in [6, 6.07) is 0. The van der Waals surface area contributed by atoms with Gasteiger partial charge in [0.1, 0.15) is 13.2 Å². The van der Waals surface area contributed by atoms with Gasteiger partial charge in [-0.3, -0.25) is 14.4 Å². The Morgan fingerprint density at radius 3 is 0.718 bits per heavy atom. The molecule has 0 N–H and O–H groups in total. The second kappa shape index (κ2) is 60.2. The maximum Gasteiger partial charge on any atom is 0.306 e. The number of carbonyl (C=O) groups is 3. The van der Waals surface area contributed by atoms with E-state index in [0.717, 1.165) is 57.8 Å². The van der Waals surface area contributed by atoms with Gasteiger partial charge in [0.2, 0.25) is 0 Å². The van der Waals surface area contributed by atoms with Gasteiger partial charge >= 0.3 is 17.9 Å². The molecule has 1 atom stereocenters. The first kappa shape index (κ1) is 68.6. The minimum atomic E-state index is -0.775. The Kier molecular flexibility index (Phi) is 58.2. The van der Waals surface area contributed by atoms with Crippen LogP contribution in [0, 0.1) is 0 Å². The Bertz CT molecular complexity index is 1190. The monoisotopic (exact) mass is 997 g/mol. The van der Waals surface area contributed by atoms with Crippen molar-refractivity contribution in [1.82, 2.24) is 0 Å². The van der Waals surface area contributed by atoms with Gasteiger partial charge in [-0.2, -0.15) is 0 Å². The molecular formula is C65H120O6. The Hall–Kier alpha value is -2.37. The molecule has 71 heavy (non-hydrogen) atoms. The fraction of sp³-hybridized carbons (Fsp3) is 0.862. The van der Waals surface area contributed by atoms with Gasteiger partial charge < -0.3 is 14.2 Å². The third-order valence-corrected chi connectivity index (χ3v) is 14.1. The Labute approximate surface area is 442 Å². The smallest absolute Gasteiger partial charge is 0.306 e. The van der Waals surface area contributed by atoms with Crippen LogP contribution in [0.25, 0.3) is 0 Å². The van der Waals surface area contributed by atoms with Gasteiger partial charge in [-0.25, -0.2) is 0 Å². The molecule has 0 saturated heterocycles. The molecule has 0 aromatic rings. The van der Waals surface area contributed by atoms with Crippen molar-refractivity contribution in [2.75, 3.05) is 13.2 Å². The molecular weight excluding hydrogens is 877 g/mol. The molecule has 0 amide bonds. The standard InChI is InChI=1S/C65H120O6/c1-4-7-10-13-16-19-22-25-28-30-32-34-37-40-43-46-49-52-55-58-64(67)70-61-62(60-69-63(66)57-54-51-48-45-42-39-36-27-24-21-18-15-12-9-6-3)71-65(68)59-56-53-50-47-44-41-38-35-33-31-29-26-23-20-17-14-11-8-5-2/h21,24-26,28-29,62H,4-20,22-23,27,30-61H2,1-3H3/b24-21+,28-25+,29-26+/t62-/m1/s1. The van der Waals surface area contributed by atoms with Crippen LogP contribution in [0.4, 0.5) is 0 Å². The van der Waals surface area contributed by atoms with Crippen molar-refractivity contribution >= 4 is 17.9 Å². The molecule has 0 fully saturated rings. The maximum atomic E-state index is 12.9. The van der Waals surface area contributed by atoms with Crippen LogP contribution in [0.2, 0.25) is 0 Å². The van der Waals surface area contributed by atoms with E-state index in [1.165, 1.54) is 244 Å². The Morgan fingerprint density at radius 1 is 0.268 bits per heavy atom. The number of carbonyl (C=O) groups excluding carboxylic acids is 3. The van der Waals surface area contributed by atoms with Gasteiger partial charge in [-0.05, 0) is 96.3 Å². The lowest BCUT2D eigenvalue weighted by Gasteiger charge is -2.18. The molecule has 0 rings (SSSR count). The highest BCUT2D eigenvalue weighted by Crippen LogP contribution is 2.17. The van der Waals surface area contributed by atoms with E-state index >= 15 is 0 Å². The summed E-state index contributed by atoms with van der Waals surface area (Å²) >= 11 is 0. The van der Waals surface area contributed by atoms with E-state index < -0.39 is 6.10 Å². The second-order valence-corrected chi connectivity index (χ2v) is 21.3. The number of hydrogen-bond donors (Lipinski definition) is 0. The van der Waals surface area contributed by atoms with Crippen molar-refractivity contribution in [3.8, 4) is 0 Å². The molecule has 6 nitrogen and oxygen atoms in total. The topological polar surface area (TPSA) is 78.9 Å². The molecule has 0 heterocycles. The molecule has 0 aliphatic carbocycles. The van der Waals surface area contributed by atoms with E-state index in [9.17, 15) is 14.4 Å². The maximum absolute atomic E-state index is 12.9. The average molecular weight is 998 g/mol. The molecule has 0 aromatic carbocycles. The zero-order valence-electron chi connectivity index (χ0n) is 47.8. The molecule has 6 heteroatoms. The summed E-state index contributed by atoms with van der Waals surface area (Å²) in [5, 5.41) is 0. The molecule has 0 aliphatic heterocycles. The zero-order chi connectivity index (χ0) is 51.4. The SMILES string of the molecule is CCCCCC/C=C/CCCCCCCCCC(=O)OC[C@H](COC(=O)CCCCCCCCCCC/C=C/CCCCCCCC)OC(=O)CCCCCCCCCCC/C=C/CCCCCCCC. The van der Waals surface area contributed by atoms with Crippen molar-refractivity contribution in [1.29, 1.82) is 0 Å². The number of unbranched alkanes of at least 4 members (excludes halogenated alkanes) is 41. The third kappa shape index (κ3) is 58.4. The van der Waals surface area contributed by atoms with Crippen LogP contribution in [0.1, 0.15) is 342 Å². The minimum Gasteiger partial charge on any atom is -0.462 e. The molecule has 0 aliphatic rings. The van der Waals surface area contributed by atoms with Crippen LogP contribution >= 0.6 is 0 Å². The zero-order valence-corrected chi connectivity index (χ0v) is 47.8. The molecule has 0 spiro atoms. The van der Waals surface area contributed by atoms with Gasteiger partial charge in [-0.15, -0.1) is 0 Å². The highest BCUT2D eigenvalue weighted by molar-refractivity contribution is 5.71. The third-order valence-electron chi connectivity index (χ3n) is 14.1. The molecule has 0 aromatic heterocycles. The van der Waals surface area contributed by atoms with Gasteiger partial charge in [0.05, 0.1) is 0 Å². The summed E-state index contributed by atoms with van der Waals surface area (Å²) in [5.74, 6) is -0.860. The van der Waals surface area contributed by atoms with E-state index in [-0.39, 0.29) is 31.1 Å². The predicted octanol–water partition coefficient (Wildman–Crippen LogP) is 21.2. The van der Waals surface area contributed by atoms with E-state index in [4.69, 9.17) is 14.2 Å². The van der Waals surface area contributed by atoms with Crippen molar-refractivity contribution in [2.24, 2.45) is 0 Å². The second-order valence-electron chi connectivity index (χ2n) is 21.3. The number of hydrogen-bond acceptors (Lipinski definition) is 6. The van der Waals surface area contributed by atoms with Crippen LogP contribution in [-0.2, 0) is 28.6 Å². The first-order valence-electron chi connectivity index (χ1n) is 31.5. The van der Waals surface area contributed by atoms with Crippen molar-refractivity contribution in [3.63, 3.8) is 0 Å². The minimum absolute atomic E-state index is 0.0724. The molecule has 0 saturated carbocycles. The molecule has 416 valence electrons. The number of esters is 3. The first-order chi connectivity index (χ1) is 35.0. The Balaban J connectivity index is 4.34. The normalized spacial score (nSPS) is 12.2. The lowest BCUT2D eigenvalue weighted by Crippen LogP contribution is -2.30. The van der Waals surface area contributed by atoms with E-state index in [1.807, 2.05) is 0 Å². The van der Waals surface area contributed by atoms with Gasteiger partial charge in [0.25, 0.3) is 0 Å². The average Bonchev–Trinajstić information content (AvgIpc) is 3.37. The molecule has 0 radical (unpaired) electrons. The van der Waals surface area contributed by atoms with Gasteiger partial charge in [0.15, 0.2) is 6.10 Å². The summed E-state index contributed by atoms with van der Waals surface area (Å²) in [6.45, 7) is 6.67. The summed E-state index contributed by atoms with van der Waals surface area (Å²) in [7, 11) is 0. The van der Waals surface area contributed by atoms with Crippen LogP contribution in [0.15, 0.2) is 36.5 Å². The van der Waals surface area contributed by atoms with E-state index in [1.54, 1.807) is 0 Å². The van der Waals surface area contributed by atoms with E-state index in [2.05, 4.69) is 57.2 Å². The number of allylic oxidation sites excluding steroid dienone is 6. The Morgan fingerprint density at radius 2 is 0.465 bits per heavy atom. The summed E-state index contributed by atoms with van der Waals surface area (Å²) < 4.78 is 16.9. The van der Waals surface area contributed by atoms with Crippen LogP contribution < -0.4 is 0 Å². The first-order valence-corrected chi connectivity index (χ1v) is 31.5. The summed E-state index contributed by atoms with van der Waals surface area (Å²) in [4.78, 5) is 38.3. The predicted molar refractivity (Wildman–Crippen MR) is 307 cm³/mol. The summed E-state index contributed by atoms with van der Waals surface area (Å²) in [5.41, 5.74) is 0. The van der Waals surface area contributed by atoms with E-state index in [0.29, 0.717) is 19.3 Å². The molecule has 0 bridgehead atoms. The van der Waals surface area contributed by atoms with Gasteiger partial charge in [0, 0.05) is 19.3 Å². The fourth-order valence-electron chi connectivity index (χ4n) is 9.31. The van der Waals surface area contributed by atoms with Crippen LogP contribution in [0.5, 0.6) is 0 Å². The van der Waals surface area contributed by atoms with Crippen LogP contribution in [-0.4, -0.2) is 37.2 Å². The fourth-order valence-corrected chi connectivity index (χ4v) is 9.31. The van der Waals surface area contributed by atoms with Crippen LogP contribution in [0.3, 0.4) is 0 Å². The lowest BCUT2D eigenvalue weighted by atomic mass is 10.1. The summed E-state index contributed by atoms with van der Waals surface area (Å²) in [6.07, 6.45) is 72.8. The largest absolute Gasteiger partial charge is 0.462 e. The van der Waals surface area contributed by atoms with Crippen molar-refractivity contribution in [2.45, 2.75) is 348 Å². The number of ether oxygens (including phenoxy) is 3. The van der Waals surface area contributed by atoms with Crippen molar-refractivity contribution < 1.29 is 28.6 Å². The lowest BCUT2D eigenvalue weighted by molar-refractivity contribution is -0.167.